The van der Waals surface area contributed by atoms with E-state index in [9.17, 15) is 0 Å². The van der Waals surface area contributed by atoms with Crippen molar-refractivity contribution in [1.29, 1.82) is 5.26 Å². The van der Waals surface area contributed by atoms with Crippen molar-refractivity contribution in [1.82, 2.24) is 0 Å². The molecule has 0 aromatic rings. The van der Waals surface area contributed by atoms with Gasteiger partial charge in [-0.25, -0.2) is 0 Å². The van der Waals surface area contributed by atoms with Crippen molar-refractivity contribution in [3.8, 4) is 6.07 Å². The number of hydrogen-bond donors (Lipinski definition) is 0. The van der Waals surface area contributed by atoms with Crippen LogP contribution in [0.5, 0.6) is 0 Å². The Hall–Kier alpha value is -1.07. The van der Waals surface area contributed by atoms with Crippen molar-refractivity contribution in [2.45, 2.75) is 0 Å². The van der Waals surface area contributed by atoms with Gasteiger partial charge in [-0.05, 0) is 12.2 Å². The molecule has 1 atom stereocenters. The van der Waals surface area contributed by atoms with E-state index in [1.54, 1.807) is 0 Å². The fourth-order valence-electron chi connectivity index (χ4n) is 0.977. The van der Waals surface area contributed by atoms with Gasteiger partial charge in [0.15, 0.2) is 6.54 Å². The van der Waals surface area contributed by atoms with Crippen LogP contribution in [0.4, 0.5) is 0 Å². The zero-order chi connectivity index (χ0) is 7.45. The molecule has 0 saturated carbocycles. The summed E-state index contributed by atoms with van der Waals surface area (Å²) >= 11 is 0. The topological polar surface area (TPSA) is 23.8 Å². The van der Waals surface area contributed by atoms with Crippen molar-refractivity contribution in [2.24, 2.45) is 0 Å². The van der Waals surface area contributed by atoms with Crippen LogP contribution < -0.4 is 0 Å². The van der Waals surface area contributed by atoms with Gasteiger partial charge >= 0.3 is 0 Å². The molecule has 1 rings (SSSR count). The van der Waals surface area contributed by atoms with E-state index in [-0.39, 0.29) is 0 Å². The molecule has 0 aromatic carbocycles. The van der Waals surface area contributed by atoms with E-state index in [1.807, 2.05) is 25.4 Å². The minimum Gasteiger partial charge on any atom is -0.285 e. The van der Waals surface area contributed by atoms with Crippen LogP contribution in [0.15, 0.2) is 24.4 Å². The Balaban J connectivity index is 2.63. The first-order chi connectivity index (χ1) is 4.77. The van der Waals surface area contributed by atoms with E-state index in [1.165, 1.54) is 0 Å². The van der Waals surface area contributed by atoms with Gasteiger partial charge in [0.05, 0.1) is 13.2 Å². The molecular weight excluding hydrogens is 124 g/mol. The maximum atomic E-state index is 8.46. The molecule has 0 aromatic heterocycles. The zero-order valence-electron chi connectivity index (χ0n) is 6.12. The Morgan fingerprint density at radius 2 is 2.40 bits per heavy atom. The summed E-state index contributed by atoms with van der Waals surface area (Å²) in [5.74, 6) is 0. The first-order valence-electron chi connectivity index (χ1n) is 3.32. The van der Waals surface area contributed by atoms with Crippen LogP contribution in [0, 0.1) is 11.3 Å². The molecular formula is C8H11N2+. The minimum absolute atomic E-state index is 0.556. The number of likely N-dealkylation sites (N-methyl/N-ethyl adjacent to an activating group) is 1. The van der Waals surface area contributed by atoms with E-state index in [0.717, 1.165) is 6.54 Å². The lowest BCUT2D eigenvalue weighted by Gasteiger charge is -2.27. The summed E-state index contributed by atoms with van der Waals surface area (Å²) in [7, 11) is 2.04. The normalized spacial score (nSPS) is 30.0. The second-order valence-corrected chi connectivity index (χ2v) is 2.75. The van der Waals surface area contributed by atoms with Crippen molar-refractivity contribution >= 4 is 0 Å². The number of hydrogen-bond acceptors (Lipinski definition) is 1. The first kappa shape index (κ1) is 7.04. The van der Waals surface area contributed by atoms with Gasteiger partial charge in [-0.2, -0.15) is 5.26 Å². The van der Waals surface area contributed by atoms with Crippen LogP contribution >= 0.6 is 0 Å². The van der Waals surface area contributed by atoms with E-state index < -0.39 is 0 Å². The second kappa shape index (κ2) is 2.68. The van der Waals surface area contributed by atoms with Gasteiger partial charge in [0, 0.05) is 0 Å². The molecule has 52 valence electrons. The van der Waals surface area contributed by atoms with Crippen LogP contribution in [-0.2, 0) is 0 Å². The second-order valence-electron chi connectivity index (χ2n) is 2.75. The molecule has 0 aliphatic carbocycles. The lowest BCUT2D eigenvalue weighted by Crippen LogP contribution is -2.39. The van der Waals surface area contributed by atoms with Crippen molar-refractivity contribution in [3.63, 3.8) is 0 Å². The summed E-state index contributed by atoms with van der Waals surface area (Å²) in [6, 6.07) is 2.16. The quantitative estimate of drug-likeness (QED) is 0.389. The zero-order valence-corrected chi connectivity index (χ0v) is 6.12. The molecule has 1 aliphatic rings. The smallest absolute Gasteiger partial charge is 0.170 e. The number of allylic oxidation sites excluding steroid dienone is 2. The third-order valence-electron chi connectivity index (χ3n) is 1.65. The molecule has 1 unspecified atom stereocenters. The standard InChI is InChI=1S/C8H11N2/c1-10(8-5-9)6-3-2-4-7-10/h2-4,6H,7-8H2,1H3/q+1. The highest BCUT2D eigenvalue weighted by atomic mass is 15.3. The molecule has 2 heteroatoms. The highest BCUT2D eigenvalue weighted by Gasteiger charge is 2.16. The molecule has 0 amide bonds. The molecule has 0 N–H and O–H groups in total. The van der Waals surface area contributed by atoms with Crippen molar-refractivity contribution < 1.29 is 4.48 Å². The average molecular weight is 135 g/mol. The monoisotopic (exact) mass is 135 g/mol. The Kier molecular flexibility index (Phi) is 1.88. The first-order valence-corrected chi connectivity index (χ1v) is 3.32. The predicted molar refractivity (Wildman–Crippen MR) is 39.8 cm³/mol. The van der Waals surface area contributed by atoms with Gasteiger partial charge in [0.25, 0.3) is 0 Å². The maximum Gasteiger partial charge on any atom is 0.170 e. The van der Waals surface area contributed by atoms with Gasteiger partial charge in [-0.3, -0.25) is 4.48 Å². The number of nitrogens with zero attached hydrogens (tertiary/aromatic N) is 2. The molecule has 2 nitrogen and oxygen atoms in total. The lowest BCUT2D eigenvalue weighted by atomic mass is 10.3. The number of rotatable bonds is 1. The molecule has 10 heavy (non-hydrogen) atoms. The van der Waals surface area contributed by atoms with Crippen LogP contribution in [0.3, 0.4) is 0 Å². The Bertz CT molecular complexity index is 210. The summed E-state index contributed by atoms with van der Waals surface area (Å²) in [6.07, 6.45) is 8.12. The third-order valence-corrected chi connectivity index (χ3v) is 1.65. The minimum atomic E-state index is 0.556. The molecule has 0 radical (unpaired) electrons. The van der Waals surface area contributed by atoms with Gasteiger partial charge < -0.3 is 0 Å². The van der Waals surface area contributed by atoms with Crippen LogP contribution in [0.1, 0.15) is 0 Å². The number of nitriles is 1. The molecule has 1 heterocycles. The maximum absolute atomic E-state index is 8.46. The molecule has 0 saturated heterocycles. The van der Waals surface area contributed by atoms with Crippen LogP contribution in [-0.4, -0.2) is 24.6 Å². The number of quaternary nitrogens is 1. The Labute approximate surface area is 61.3 Å². The van der Waals surface area contributed by atoms with Gasteiger partial charge in [-0.1, -0.05) is 6.08 Å². The van der Waals surface area contributed by atoms with Crippen LogP contribution in [0.2, 0.25) is 0 Å². The van der Waals surface area contributed by atoms with E-state index in [2.05, 4.69) is 12.1 Å². The van der Waals surface area contributed by atoms with E-state index in [0.29, 0.717) is 11.0 Å². The molecule has 0 spiro atoms. The summed E-state index contributed by atoms with van der Waals surface area (Å²) in [6.45, 7) is 1.49. The largest absolute Gasteiger partial charge is 0.285 e. The fraction of sp³-hybridized carbons (Fsp3) is 0.375. The summed E-state index contributed by atoms with van der Waals surface area (Å²) < 4.78 is 0.715. The Morgan fingerprint density at radius 3 is 2.90 bits per heavy atom. The van der Waals surface area contributed by atoms with Crippen molar-refractivity contribution in [2.75, 3.05) is 20.1 Å². The third kappa shape index (κ3) is 1.46. The molecule has 0 bridgehead atoms. The SMILES string of the molecule is C[N+]1(CC#N)C=CC=CC1. The van der Waals surface area contributed by atoms with Gasteiger partial charge in [0.2, 0.25) is 0 Å². The molecule has 0 fully saturated rings. The van der Waals surface area contributed by atoms with Gasteiger partial charge in [0.1, 0.15) is 12.6 Å². The van der Waals surface area contributed by atoms with Crippen molar-refractivity contribution in [3.05, 3.63) is 24.4 Å². The Morgan fingerprint density at radius 1 is 1.60 bits per heavy atom. The average Bonchev–Trinajstić information content (AvgIpc) is 1.89. The molecule has 1 aliphatic heterocycles. The summed E-state index contributed by atoms with van der Waals surface area (Å²) in [4.78, 5) is 0. The van der Waals surface area contributed by atoms with Crippen LogP contribution in [0.25, 0.3) is 0 Å². The van der Waals surface area contributed by atoms with E-state index >= 15 is 0 Å². The highest BCUT2D eigenvalue weighted by molar-refractivity contribution is 5.04. The van der Waals surface area contributed by atoms with E-state index in [4.69, 9.17) is 5.26 Å². The van der Waals surface area contributed by atoms with Gasteiger partial charge in [-0.15, -0.1) is 0 Å². The summed E-state index contributed by atoms with van der Waals surface area (Å²) in [5, 5.41) is 8.46. The lowest BCUT2D eigenvalue weighted by molar-refractivity contribution is -0.846. The predicted octanol–water partition coefficient (Wildman–Crippen LogP) is 1.04. The fourth-order valence-corrected chi connectivity index (χ4v) is 0.977. The summed E-state index contributed by atoms with van der Waals surface area (Å²) in [5.41, 5.74) is 0. The highest BCUT2D eigenvalue weighted by Crippen LogP contribution is 2.07.